The number of carbonyl (C=O) groups excluding carboxylic acids is 1. The minimum Gasteiger partial charge on any atom is -0.384 e. The highest BCUT2D eigenvalue weighted by Gasteiger charge is 2.14. The van der Waals surface area contributed by atoms with Crippen molar-refractivity contribution in [2.24, 2.45) is 0 Å². The van der Waals surface area contributed by atoms with E-state index in [9.17, 15) is 4.79 Å². The Bertz CT molecular complexity index is 541. The predicted octanol–water partition coefficient (Wildman–Crippen LogP) is 1.36. The van der Waals surface area contributed by atoms with E-state index in [1.165, 1.54) is 0 Å². The van der Waals surface area contributed by atoms with Crippen molar-refractivity contribution in [1.29, 1.82) is 0 Å². The average Bonchev–Trinajstić information content (AvgIpc) is 2.44. The van der Waals surface area contributed by atoms with Gasteiger partial charge in [-0.1, -0.05) is 17.9 Å². The van der Waals surface area contributed by atoms with E-state index in [0.29, 0.717) is 17.7 Å². The van der Waals surface area contributed by atoms with Crippen molar-refractivity contribution in [1.82, 2.24) is 9.80 Å². The summed E-state index contributed by atoms with van der Waals surface area (Å²) in [6, 6.07) is 5.59. The number of amides is 1. The van der Waals surface area contributed by atoms with Gasteiger partial charge >= 0.3 is 0 Å². The first-order valence-corrected chi connectivity index (χ1v) is 7.06. The second kappa shape index (κ2) is 8.46. The van der Waals surface area contributed by atoms with E-state index in [1.54, 1.807) is 11.9 Å². The van der Waals surface area contributed by atoms with Gasteiger partial charge in [0, 0.05) is 19.2 Å². The summed E-state index contributed by atoms with van der Waals surface area (Å²) in [6.07, 6.45) is 0.929. The van der Waals surface area contributed by atoms with Gasteiger partial charge in [0.1, 0.15) is 6.61 Å². The Balaban J connectivity index is 2.85. The summed E-state index contributed by atoms with van der Waals surface area (Å²) in [4.78, 5) is 16.3. The van der Waals surface area contributed by atoms with E-state index in [4.69, 9.17) is 5.11 Å². The molecule has 0 aromatic heterocycles. The Kier molecular flexibility index (Phi) is 6.93. The van der Waals surface area contributed by atoms with Crippen LogP contribution in [0, 0.1) is 18.8 Å². The Labute approximate surface area is 127 Å². The summed E-state index contributed by atoms with van der Waals surface area (Å²) in [7, 11) is 5.84. The van der Waals surface area contributed by atoms with Crippen LogP contribution in [0.4, 0.5) is 0 Å². The van der Waals surface area contributed by atoms with Crippen LogP contribution in [0.3, 0.4) is 0 Å². The number of hydrogen-bond donors (Lipinski definition) is 1. The number of aliphatic hydroxyl groups excluding tert-OH is 1. The third-order valence-corrected chi connectivity index (χ3v) is 3.15. The molecule has 4 nitrogen and oxygen atoms in total. The first-order chi connectivity index (χ1) is 9.95. The van der Waals surface area contributed by atoms with E-state index in [2.05, 4.69) is 16.7 Å². The molecule has 0 fully saturated rings. The summed E-state index contributed by atoms with van der Waals surface area (Å²) in [5.41, 5.74) is 2.31. The van der Waals surface area contributed by atoms with Gasteiger partial charge < -0.3 is 14.9 Å². The molecule has 114 valence electrons. The second-order valence-electron chi connectivity index (χ2n) is 5.39. The van der Waals surface area contributed by atoms with Gasteiger partial charge in [0.2, 0.25) is 0 Å². The zero-order chi connectivity index (χ0) is 15.8. The number of aliphatic hydroxyl groups is 1. The van der Waals surface area contributed by atoms with Gasteiger partial charge in [0.05, 0.1) is 5.56 Å². The van der Waals surface area contributed by atoms with Gasteiger partial charge in [0.15, 0.2) is 0 Å². The average molecular weight is 288 g/mol. The summed E-state index contributed by atoms with van der Waals surface area (Å²) < 4.78 is 0. The van der Waals surface area contributed by atoms with E-state index in [-0.39, 0.29) is 12.5 Å². The van der Waals surface area contributed by atoms with E-state index >= 15 is 0 Å². The fraction of sp³-hybridized carbons (Fsp3) is 0.471. The van der Waals surface area contributed by atoms with Gasteiger partial charge in [-0.2, -0.15) is 0 Å². The largest absolute Gasteiger partial charge is 0.384 e. The maximum atomic E-state index is 12.5. The van der Waals surface area contributed by atoms with E-state index in [0.717, 1.165) is 18.5 Å². The minimum atomic E-state index is -0.208. The lowest BCUT2D eigenvalue weighted by Crippen LogP contribution is -2.30. The summed E-state index contributed by atoms with van der Waals surface area (Å²) in [5.74, 6) is 5.44. The minimum absolute atomic E-state index is 0.0315. The molecular formula is C17H24N2O2. The number of aryl methyl sites for hydroxylation is 1. The van der Waals surface area contributed by atoms with Crippen molar-refractivity contribution in [3.05, 3.63) is 34.9 Å². The van der Waals surface area contributed by atoms with Crippen LogP contribution in [0.5, 0.6) is 0 Å². The SMILES string of the molecule is Cc1ccc(C(=O)N(C)CCCN(C)C)c(C#CCO)c1. The van der Waals surface area contributed by atoms with Crippen molar-refractivity contribution in [3.8, 4) is 11.8 Å². The van der Waals surface area contributed by atoms with Crippen LogP contribution >= 0.6 is 0 Å². The van der Waals surface area contributed by atoms with Crippen LogP contribution in [-0.4, -0.2) is 61.7 Å². The molecule has 0 unspecified atom stereocenters. The summed E-state index contributed by atoms with van der Waals surface area (Å²) in [6.45, 7) is 3.40. The molecule has 0 radical (unpaired) electrons. The maximum absolute atomic E-state index is 12.5. The smallest absolute Gasteiger partial charge is 0.254 e. The Morgan fingerprint density at radius 3 is 2.57 bits per heavy atom. The molecule has 4 heteroatoms. The molecule has 1 amide bonds. The van der Waals surface area contributed by atoms with Crippen molar-refractivity contribution in [2.45, 2.75) is 13.3 Å². The summed E-state index contributed by atoms with van der Waals surface area (Å²) in [5, 5.41) is 8.83. The van der Waals surface area contributed by atoms with Gasteiger partial charge in [-0.15, -0.1) is 0 Å². The first kappa shape index (κ1) is 17.2. The van der Waals surface area contributed by atoms with E-state index in [1.807, 2.05) is 39.2 Å². The van der Waals surface area contributed by atoms with Crippen LogP contribution in [0.1, 0.15) is 27.9 Å². The zero-order valence-corrected chi connectivity index (χ0v) is 13.3. The normalized spacial score (nSPS) is 10.2. The number of nitrogens with zero attached hydrogens (tertiary/aromatic N) is 2. The highest BCUT2D eigenvalue weighted by Crippen LogP contribution is 2.13. The standard InChI is InChI=1S/C17H24N2O2/c1-14-8-9-16(15(13-14)7-5-12-20)17(21)19(4)11-6-10-18(2)3/h8-9,13,20H,6,10-12H2,1-4H3. The second-order valence-corrected chi connectivity index (χ2v) is 5.39. The Morgan fingerprint density at radius 1 is 1.24 bits per heavy atom. The van der Waals surface area contributed by atoms with Crippen molar-refractivity contribution in [2.75, 3.05) is 40.8 Å². The van der Waals surface area contributed by atoms with Crippen molar-refractivity contribution < 1.29 is 9.90 Å². The topological polar surface area (TPSA) is 43.8 Å². The van der Waals surface area contributed by atoms with Crippen LogP contribution in [0.2, 0.25) is 0 Å². The predicted molar refractivity (Wildman–Crippen MR) is 85.3 cm³/mol. The lowest BCUT2D eigenvalue weighted by atomic mass is 10.0. The number of carbonyl (C=O) groups is 1. The van der Waals surface area contributed by atoms with E-state index < -0.39 is 0 Å². The quantitative estimate of drug-likeness (QED) is 0.832. The van der Waals surface area contributed by atoms with Crippen LogP contribution < -0.4 is 0 Å². The molecule has 0 heterocycles. The molecule has 0 saturated heterocycles. The number of benzene rings is 1. The monoisotopic (exact) mass is 288 g/mol. The van der Waals surface area contributed by atoms with Crippen LogP contribution in [-0.2, 0) is 0 Å². The lowest BCUT2D eigenvalue weighted by Gasteiger charge is -2.19. The fourth-order valence-electron chi connectivity index (χ4n) is 2.01. The number of hydrogen-bond acceptors (Lipinski definition) is 3. The maximum Gasteiger partial charge on any atom is 0.254 e. The van der Waals surface area contributed by atoms with Gasteiger partial charge in [-0.3, -0.25) is 4.79 Å². The third kappa shape index (κ3) is 5.58. The Morgan fingerprint density at radius 2 is 1.95 bits per heavy atom. The molecule has 0 saturated carbocycles. The molecule has 0 spiro atoms. The van der Waals surface area contributed by atoms with Crippen LogP contribution in [0.15, 0.2) is 18.2 Å². The lowest BCUT2D eigenvalue weighted by molar-refractivity contribution is 0.0790. The molecule has 0 aliphatic heterocycles. The van der Waals surface area contributed by atoms with Crippen LogP contribution in [0.25, 0.3) is 0 Å². The van der Waals surface area contributed by atoms with Crippen molar-refractivity contribution in [3.63, 3.8) is 0 Å². The molecule has 0 atom stereocenters. The highest BCUT2D eigenvalue weighted by atomic mass is 16.2. The Hall–Kier alpha value is -1.83. The van der Waals surface area contributed by atoms with Gasteiger partial charge in [0.25, 0.3) is 5.91 Å². The van der Waals surface area contributed by atoms with Gasteiger partial charge in [-0.25, -0.2) is 0 Å². The molecule has 1 aromatic rings. The molecule has 1 aromatic carbocycles. The fourth-order valence-corrected chi connectivity index (χ4v) is 2.01. The third-order valence-electron chi connectivity index (χ3n) is 3.15. The molecule has 1 rings (SSSR count). The molecule has 0 bridgehead atoms. The molecule has 21 heavy (non-hydrogen) atoms. The van der Waals surface area contributed by atoms with Gasteiger partial charge in [-0.05, 0) is 51.7 Å². The zero-order valence-electron chi connectivity index (χ0n) is 13.3. The molecule has 0 aliphatic rings. The first-order valence-electron chi connectivity index (χ1n) is 7.06. The summed E-state index contributed by atoms with van der Waals surface area (Å²) >= 11 is 0. The molecule has 0 aliphatic carbocycles. The number of rotatable bonds is 5. The molecular weight excluding hydrogens is 264 g/mol. The van der Waals surface area contributed by atoms with Crippen molar-refractivity contribution >= 4 is 5.91 Å². The molecule has 1 N–H and O–H groups in total. The highest BCUT2D eigenvalue weighted by molar-refractivity contribution is 5.96.